The van der Waals surface area contributed by atoms with Crippen LogP contribution in [0.1, 0.15) is 23.0 Å². The summed E-state index contributed by atoms with van der Waals surface area (Å²) in [6.45, 7) is 3.62. The van der Waals surface area contributed by atoms with Crippen LogP contribution in [-0.2, 0) is 4.79 Å². The van der Waals surface area contributed by atoms with E-state index in [1.165, 1.54) is 11.3 Å². The van der Waals surface area contributed by atoms with E-state index in [-0.39, 0.29) is 24.5 Å². The third-order valence-corrected chi connectivity index (χ3v) is 5.18. The molecule has 0 spiro atoms. The molecule has 2 unspecified atom stereocenters. The number of nitrogens with one attached hydrogen (secondary N) is 2. The number of hydrogen-bond acceptors (Lipinski definition) is 5. The average Bonchev–Trinajstić information content (AvgIpc) is 3.13. The molecule has 2 atom stereocenters. The lowest BCUT2D eigenvalue weighted by Crippen LogP contribution is -2.47. The zero-order valence-corrected chi connectivity index (χ0v) is 14.7. The number of halogens is 1. The molecular formula is C14H20BrN3O3S. The summed E-state index contributed by atoms with van der Waals surface area (Å²) in [6.07, 6.45) is 0.865. The lowest BCUT2D eigenvalue weighted by atomic mass is 10.2. The van der Waals surface area contributed by atoms with E-state index in [9.17, 15) is 9.59 Å². The standard InChI is InChI=1S/C14H20BrN3O3S/c1-9(17-13(20)11-2-3-12(15)22-11)14(21)18-6-4-10(8-18)16-5-7-19/h2-3,9-10,16,19H,4-8H2,1H3,(H,17,20). The molecule has 122 valence electrons. The fourth-order valence-corrected chi connectivity index (χ4v) is 3.72. The minimum atomic E-state index is -0.551. The second-order valence-corrected chi connectivity index (χ2v) is 7.71. The maximum Gasteiger partial charge on any atom is 0.262 e. The highest BCUT2D eigenvalue weighted by Crippen LogP contribution is 2.22. The molecule has 2 heterocycles. The topological polar surface area (TPSA) is 81.7 Å². The van der Waals surface area contributed by atoms with E-state index in [0.29, 0.717) is 24.5 Å². The molecule has 1 fully saturated rings. The van der Waals surface area contributed by atoms with E-state index in [4.69, 9.17) is 5.11 Å². The summed E-state index contributed by atoms with van der Waals surface area (Å²) in [5, 5.41) is 14.7. The monoisotopic (exact) mass is 389 g/mol. The van der Waals surface area contributed by atoms with Gasteiger partial charge in [0.2, 0.25) is 5.91 Å². The molecule has 0 radical (unpaired) electrons. The number of likely N-dealkylation sites (tertiary alicyclic amines) is 1. The third-order valence-electron chi connectivity index (χ3n) is 3.56. The number of amides is 2. The van der Waals surface area contributed by atoms with Crippen molar-refractivity contribution in [2.45, 2.75) is 25.4 Å². The van der Waals surface area contributed by atoms with Gasteiger partial charge in [-0.15, -0.1) is 11.3 Å². The lowest BCUT2D eigenvalue weighted by Gasteiger charge is -2.21. The first-order valence-electron chi connectivity index (χ1n) is 7.20. The van der Waals surface area contributed by atoms with Crippen molar-refractivity contribution in [3.05, 3.63) is 20.8 Å². The summed E-state index contributed by atoms with van der Waals surface area (Å²) in [5.41, 5.74) is 0. The van der Waals surface area contributed by atoms with Crippen molar-refractivity contribution in [2.24, 2.45) is 0 Å². The molecule has 1 saturated heterocycles. The number of carbonyl (C=O) groups excluding carboxylic acids is 2. The molecule has 2 rings (SSSR count). The van der Waals surface area contributed by atoms with E-state index in [1.807, 2.05) is 6.07 Å². The predicted molar refractivity (Wildman–Crippen MR) is 89.0 cm³/mol. The Morgan fingerprint density at radius 3 is 2.95 bits per heavy atom. The fourth-order valence-electron chi connectivity index (χ4n) is 2.44. The van der Waals surface area contributed by atoms with Crippen LogP contribution in [-0.4, -0.2) is 60.1 Å². The highest BCUT2D eigenvalue weighted by Gasteiger charge is 2.29. The molecule has 0 bridgehead atoms. The second-order valence-electron chi connectivity index (χ2n) is 5.25. The van der Waals surface area contributed by atoms with Crippen molar-refractivity contribution in [3.63, 3.8) is 0 Å². The van der Waals surface area contributed by atoms with Gasteiger partial charge in [-0.3, -0.25) is 9.59 Å². The summed E-state index contributed by atoms with van der Waals surface area (Å²) in [7, 11) is 0. The predicted octanol–water partition coefficient (Wildman–Crippen LogP) is 0.812. The van der Waals surface area contributed by atoms with Gasteiger partial charge in [-0.05, 0) is 41.4 Å². The van der Waals surface area contributed by atoms with Gasteiger partial charge in [-0.25, -0.2) is 0 Å². The molecule has 0 aromatic carbocycles. The van der Waals surface area contributed by atoms with E-state index in [1.54, 1.807) is 17.9 Å². The third kappa shape index (κ3) is 4.52. The Bertz CT molecular complexity index is 537. The molecule has 0 aliphatic carbocycles. The maximum absolute atomic E-state index is 12.4. The van der Waals surface area contributed by atoms with Gasteiger partial charge in [0, 0.05) is 25.7 Å². The van der Waals surface area contributed by atoms with Gasteiger partial charge < -0.3 is 20.6 Å². The first-order chi connectivity index (χ1) is 10.5. The number of hydrogen-bond donors (Lipinski definition) is 3. The summed E-state index contributed by atoms with van der Waals surface area (Å²) >= 11 is 4.65. The molecule has 3 N–H and O–H groups in total. The zero-order chi connectivity index (χ0) is 16.1. The van der Waals surface area contributed by atoms with Gasteiger partial charge in [0.25, 0.3) is 5.91 Å². The van der Waals surface area contributed by atoms with Crippen LogP contribution < -0.4 is 10.6 Å². The molecule has 22 heavy (non-hydrogen) atoms. The van der Waals surface area contributed by atoms with E-state index < -0.39 is 6.04 Å². The summed E-state index contributed by atoms with van der Waals surface area (Å²) in [4.78, 5) is 26.8. The molecule has 6 nitrogen and oxygen atoms in total. The largest absolute Gasteiger partial charge is 0.395 e. The normalized spacial score (nSPS) is 19.2. The van der Waals surface area contributed by atoms with Crippen LogP contribution in [0, 0.1) is 0 Å². The number of aliphatic hydroxyl groups is 1. The SMILES string of the molecule is CC(NC(=O)c1ccc(Br)s1)C(=O)N1CCC(NCCO)C1. The second kappa shape index (κ2) is 8.05. The molecule has 1 aromatic rings. The van der Waals surface area contributed by atoms with E-state index in [0.717, 1.165) is 10.2 Å². The molecule has 1 aliphatic heterocycles. The molecule has 1 aromatic heterocycles. The van der Waals surface area contributed by atoms with Crippen molar-refractivity contribution in [3.8, 4) is 0 Å². The molecule has 0 saturated carbocycles. The molecular weight excluding hydrogens is 370 g/mol. The zero-order valence-electron chi connectivity index (χ0n) is 12.3. The molecule has 2 amide bonds. The number of aliphatic hydroxyl groups excluding tert-OH is 1. The van der Waals surface area contributed by atoms with Crippen molar-refractivity contribution in [1.29, 1.82) is 0 Å². The highest BCUT2D eigenvalue weighted by molar-refractivity contribution is 9.11. The molecule has 8 heteroatoms. The van der Waals surface area contributed by atoms with Gasteiger partial charge in [-0.2, -0.15) is 0 Å². The fraction of sp³-hybridized carbons (Fsp3) is 0.571. The van der Waals surface area contributed by atoms with Crippen LogP contribution >= 0.6 is 27.3 Å². The molecule has 1 aliphatic rings. The number of nitrogens with zero attached hydrogens (tertiary/aromatic N) is 1. The minimum absolute atomic E-state index is 0.0720. The van der Waals surface area contributed by atoms with Crippen molar-refractivity contribution in [1.82, 2.24) is 15.5 Å². The Labute approximate surface area is 142 Å². The minimum Gasteiger partial charge on any atom is -0.395 e. The van der Waals surface area contributed by atoms with Gasteiger partial charge >= 0.3 is 0 Å². The Kier molecular flexibility index (Phi) is 6.37. The first kappa shape index (κ1) is 17.4. The average molecular weight is 390 g/mol. The van der Waals surface area contributed by atoms with E-state index in [2.05, 4.69) is 26.6 Å². The number of carbonyl (C=O) groups is 2. The Hall–Kier alpha value is -0.960. The van der Waals surface area contributed by atoms with Crippen LogP contribution in [0.3, 0.4) is 0 Å². The highest BCUT2D eigenvalue weighted by atomic mass is 79.9. The Morgan fingerprint density at radius 2 is 2.32 bits per heavy atom. The smallest absolute Gasteiger partial charge is 0.262 e. The number of rotatable bonds is 6. The summed E-state index contributed by atoms with van der Waals surface area (Å²) in [6, 6.07) is 3.20. The van der Waals surface area contributed by atoms with Crippen LogP contribution in [0.5, 0.6) is 0 Å². The Morgan fingerprint density at radius 1 is 1.55 bits per heavy atom. The summed E-state index contributed by atoms with van der Waals surface area (Å²) in [5.74, 6) is -0.303. The van der Waals surface area contributed by atoms with Crippen LogP contribution in [0.15, 0.2) is 15.9 Å². The maximum atomic E-state index is 12.4. The van der Waals surface area contributed by atoms with Gasteiger partial charge in [-0.1, -0.05) is 0 Å². The van der Waals surface area contributed by atoms with Crippen LogP contribution in [0.4, 0.5) is 0 Å². The van der Waals surface area contributed by atoms with Crippen molar-refractivity contribution >= 4 is 39.1 Å². The van der Waals surface area contributed by atoms with Gasteiger partial charge in [0.1, 0.15) is 6.04 Å². The first-order valence-corrected chi connectivity index (χ1v) is 8.81. The number of thiophene rings is 1. The van der Waals surface area contributed by atoms with E-state index >= 15 is 0 Å². The van der Waals surface area contributed by atoms with Crippen LogP contribution in [0.2, 0.25) is 0 Å². The van der Waals surface area contributed by atoms with Crippen LogP contribution in [0.25, 0.3) is 0 Å². The summed E-state index contributed by atoms with van der Waals surface area (Å²) < 4.78 is 0.883. The Balaban J connectivity index is 1.83. The lowest BCUT2D eigenvalue weighted by molar-refractivity contribution is -0.131. The van der Waals surface area contributed by atoms with Gasteiger partial charge in [0.05, 0.1) is 15.3 Å². The van der Waals surface area contributed by atoms with Crippen molar-refractivity contribution < 1.29 is 14.7 Å². The van der Waals surface area contributed by atoms with Gasteiger partial charge in [0.15, 0.2) is 0 Å². The quantitative estimate of drug-likeness (QED) is 0.672. The van der Waals surface area contributed by atoms with Crippen molar-refractivity contribution in [2.75, 3.05) is 26.2 Å².